The summed E-state index contributed by atoms with van der Waals surface area (Å²) in [5.74, 6) is -2.05. The molecule has 18 heavy (non-hydrogen) atoms. The lowest BCUT2D eigenvalue weighted by atomic mass is 10.0. The average Bonchev–Trinajstić information content (AvgIpc) is 2.54. The van der Waals surface area contributed by atoms with Gasteiger partial charge in [0, 0.05) is 15.6 Å². The highest BCUT2D eigenvalue weighted by molar-refractivity contribution is 6.35. The molecule has 98 valence electrons. The van der Waals surface area contributed by atoms with Gasteiger partial charge < -0.3 is 14.6 Å². The number of hydrogen-bond donors (Lipinski definition) is 1. The first-order chi connectivity index (χ1) is 8.30. The van der Waals surface area contributed by atoms with Gasteiger partial charge in [-0.2, -0.15) is 0 Å². The van der Waals surface area contributed by atoms with E-state index in [1.165, 1.54) is 0 Å². The first kappa shape index (κ1) is 13.6. The third-order valence-corrected chi connectivity index (χ3v) is 3.17. The molecule has 6 heteroatoms. The van der Waals surface area contributed by atoms with E-state index in [-0.39, 0.29) is 0 Å². The molecule has 0 saturated carbocycles. The van der Waals surface area contributed by atoms with Gasteiger partial charge in [-0.25, -0.2) is 4.79 Å². The van der Waals surface area contributed by atoms with Crippen LogP contribution in [0.1, 0.15) is 25.5 Å². The van der Waals surface area contributed by atoms with Crippen LogP contribution in [0.15, 0.2) is 18.2 Å². The summed E-state index contributed by atoms with van der Waals surface area (Å²) < 4.78 is 10.9. The fraction of sp³-hybridized carbons (Fsp3) is 0.417. The van der Waals surface area contributed by atoms with E-state index >= 15 is 0 Å². The average molecular weight is 291 g/mol. The number of carboxylic acid groups (broad SMARTS) is 1. The van der Waals surface area contributed by atoms with Crippen molar-refractivity contribution in [3.05, 3.63) is 33.8 Å². The number of carboxylic acids is 1. The van der Waals surface area contributed by atoms with Crippen molar-refractivity contribution in [1.29, 1.82) is 0 Å². The Bertz CT molecular complexity index is 487. The van der Waals surface area contributed by atoms with Crippen molar-refractivity contribution in [3.63, 3.8) is 0 Å². The SMILES string of the molecule is CC1(C)OC(C(=O)O)C(c2ccc(Cl)cc2Cl)O1. The van der Waals surface area contributed by atoms with Gasteiger partial charge in [0.2, 0.25) is 0 Å². The van der Waals surface area contributed by atoms with Gasteiger partial charge in [0.15, 0.2) is 11.9 Å². The molecule has 4 nitrogen and oxygen atoms in total. The van der Waals surface area contributed by atoms with Crippen molar-refractivity contribution in [2.75, 3.05) is 0 Å². The Labute approximate surface area is 114 Å². The molecule has 1 aliphatic rings. The van der Waals surface area contributed by atoms with Crippen LogP contribution in [0.25, 0.3) is 0 Å². The predicted octanol–water partition coefficient (Wildman–Crippen LogP) is 3.27. The number of benzene rings is 1. The summed E-state index contributed by atoms with van der Waals surface area (Å²) >= 11 is 11.9. The summed E-state index contributed by atoms with van der Waals surface area (Å²) in [5, 5.41) is 9.99. The lowest BCUT2D eigenvalue weighted by Gasteiger charge is -2.17. The summed E-state index contributed by atoms with van der Waals surface area (Å²) in [7, 11) is 0. The van der Waals surface area contributed by atoms with Gasteiger partial charge >= 0.3 is 5.97 Å². The fourth-order valence-corrected chi connectivity index (χ4v) is 2.42. The molecule has 0 aromatic heterocycles. The maximum absolute atomic E-state index is 11.2. The molecule has 1 fully saturated rings. The van der Waals surface area contributed by atoms with Crippen molar-refractivity contribution in [3.8, 4) is 0 Å². The summed E-state index contributed by atoms with van der Waals surface area (Å²) in [6.07, 6.45) is -1.83. The zero-order chi connectivity index (χ0) is 13.5. The van der Waals surface area contributed by atoms with Crippen LogP contribution in [0.4, 0.5) is 0 Å². The Morgan fingerprint density at radius 2 is 2.00 bits per heavy atom. The first-order valence-electron chi connectivity index (χ1n) is 5.33. The van der Waals surface area contributed by atoms with Crippen LogP contribution in [0, 0.1) is 0 Å². The van der Waals surface area contributed by atoms with Gasteiger partial charge in [0.05, 0.1) is 0 Å². The largest absolute Gasteiger partial charge is 0.479 e. The molecule has 1 aromatic rings. The van der Waals surface area contributed by atoms with Gasteiger partial charge in [-0.05, 0) is 26.0 Å². The molecule has 1 saturated heterocycles. The van der Waals surface area contributed by atoms with Crippen LogP contribution in [-0.4, -0.2) is 23.0 Å². The number of halogens is 2. The molecule has 0 amide bonds. The minimum Gasteiger partial charge on any atom is -0.479 e. The minimum absolute atomic E-state index is 0.361. The summed E-state index contributed by atoms with van der Waals surface area (Å²) in [6.45, 7) is 3.32. The molecule has 0 radical (unpaired) electrons. The summed E-state index contributed by atoms with van der Waals surface area (Å²) in [5.41, 5.74) is 0.555. The normalized spacial score (nSPS) is 26.2. The van der Waals surface area contributed by atoms with Crippen LogP contribution >= 0.6 is 23.2 Å². The highest BCUT2D eigenvalue weighted by atomic mass is 35.5. The molecule has 1 aromatic carbocycles. The van der Waals surface area contributed by atoms with E-state index < -0.39 is 24.0 Å². The summed E-state index contributed by atoms with van der Waals surface area (Å²) in [6, 6.07) is 4.83. The zero-order valence-corrected chi connectivity index (χ0v) is 11.3. The first-order valence-corrected chi connectivity index (χ1v) is 6.09. The van der Waals surface area contributed by atoms with Gasteiger partial charge in [0.1, 0.15) is 6.10 Å². The van der Waals surface area contributed by atoms with Gasteiger partial charge in [0.25, 0.3) is 0 Å². The van der Waals surface area contributed by atoms with E-state index in [2.05, 4.69) is 0 Å². The fourth-order valence-electron chi connectivity index (χ4n) is 1.90. The number of hydrogen-bond acceptors (Lipinski definition) is 3. The Hall–Kier alpha value is -0.810. The molecule has 1 N–H and O–H groups in total. The second kappa shape index (κ2) is 4.70. The third-order valence-electron chi connectivity index (χ3n) is 2.61. The molecule has 1 aliphatic heterocycles. The summed E-state index contributed by atoms with van der Waals surface area (Å²) in [4.78, 5) is 11.2. The Balaban J connectivity index is 2.39. The molecule has 0 bridgehead atoms. The number of aliphatic carboxylic acids is 1. The Morgan fingerprint density at radius 3 is 2.56 bits per heavy atom. The lowest BCUT2D eigenvalue weighted by Crippen LogP contribution is -2.27. The van der Waals surface area contributed by atoms with Crippen LogP contribution < -0.4 is 0 Å². The highest BCUT2D eigenvalue weighted by Crippen LogP contribution is 2.41. The van der Waals surface area contributed by atoms with Crippen LogP contribution in [0.3, 0.4) is 0 Å². The molecule has 1 heterocycles. The van der Waals surface area contributed by atoms with E-state index in [1.54, 1.807) is 32.0 Å². The molecule has 2 atom stereocenters. The third kappa shape index (κ3) is 2.62. The lowest BCUT2D eigenvalue weighted by molar-refractivity contribution is -0.165. The quantitative estimate of drug-likeness (QED) is 0.908. The Morgan fingerprint density at radius 1 is 1.33 bits per heavy atom. The number of carbonyl (C=O) groups is 1. The highest BCUT2D eigenvalue weighted by Gasteiger charge is 2.46. The maximum Gasteiger partial charge on any atom is 0.336 e. The molecule has 2 rings (SSSR count). The van der Waals surface area contributed by atoms with Gasteiger partial charge in [-0.15, -0.1) is 0 Å². The van der Waals surface area contributed by atoms with E-state index in [4.69, 9.17) is 37.8 Å². The monoisotopic (exact) mass is 290 g/mol. The van der Waals surface area contributed by atoms with Crippen molar-refractivity contribution in [1.82, 2.24) is 0 Å². The van der Waals surface area contributed by atoms with Crippen LogP contribution in [0.5, 0.6) is 0 Å². The number of ether oxygens (including phenoxy) is 2. The van der Waals surface area contributed by atoms with Crippen molar-refractivity contribution >= 4 is 29.2 Å². The van der Waals surface area contributed by atoms with Gasteiger partial charge in [-0.3, -0.25) is 0 Å². The van der Waals surface area contributed by atoms with E-state index in [1.807, 2.05) is 0 Å². The van der Waals surface area contributed by atoms with Crippen LogP contribution in [0.2, 0.25) is 10.0 Å². The maximum atomic E-state index is 11.2. The van der Waals surface area contributed by atoms with E-state index in [0.29, 0.717) is 15.6 Å². The van der Waals surface area contributed by atoms with Crippen molar-refractivity contribution in [2.45, 2.75) is 31.8 Å². The number of rotatable bonds is 2. The van der Waals surface area contributed by atoms with Crippen molar-refractivity contribution < 1.29 is 19.4 Å². The van der Waals surface area contributed by atoms with Gasteiger partial charge in [-0.1, -0.05) is 29.3 Å². The molecular formula is C12H12Cl2O4. The van der Waals surface area contributed by atoms with E-state index in [9.17, 15) is 4.79 Å². The molecular weight excluding hydrogens is 279 g/mol. The second-order valence-electron chi connectivity index (χ2n) is 4.48. The second-order valence-corrected chi connectivity index (χ2v) is 5.32. The molecule has 0 spiro atoms. The topological polar surface area (TPSA) is 55.8 Å². The predicted molar refractivity (Wildman–Crippen MR) is 66.9 cm³/mol. The van der Waals surface area contributed by atoms with E-state index in [0.717, 1.165) is 0 Å². The minimum atomic E-state index is -1.09. The standard InChI is InChI=1S/C12H12Cl2O4/c1-12(2)17-9(10(18-12)11(15)16)7-4-3-6(13)5-8(7)14/h3-5,9-10H,1-2H3,(H,15,16). The van der Waals surface area contributed by atoms with Crippen LogP contribution in [-0.2, 0) is 14.3 Å². The zero-order valence-electron chi connectivity index (χ0n) is 9.81. The smallest absolute Gasteiger partial charge is 0.336 e. The molecule has 0 aliphatic carbocycles. The van der Waals surface area contributed by atoms with Crippen molar-refractivity contribution in [2.24, 2.45) is 0 Å². The molecule has 2 unspecified atom stereocenters. The Kier molecular flexibility index (Phi) is 3.56.